The maximum atomic E-state index is 13.4. The molecule has 2 heterocycles. The van der Waals surface area contributed by atoms with E-state index >= 15 is 0 Å². The molecule has 8 nitrogen and oxygen atoms in total. The van der Waals surface area contributed by atoms with Crippen molar-refractivity contribution >= 4 is 33.2 Å². The van der Waals surface area contributed by atoms with Gasteiger partial charge in [-0.2, -0.15) is 0 Å². The molecular formula is C33H44ClN3O5S. The van der Waals surface area contributed by atoms with Crippen molar-refractivity contribution in [3.63, 3.8) is 0 Å². The van der Waals surface area contributed by atoms with Gasteiger partial charge >= 0.3 is 0 Å². The highest BCUT2D eigenvalue weighted by Gasteiger charge is 2.48. The number of nitrogens with two attached hydrogens (primary N) is 1. The van der Waals surface area contributed by atoms with Crippen molar-refractivity contribution in [1.82, 2.24) is 4.72 Å². The smallest absolute Gasteiger partial charge is 0.264 e. The van der Waals surface area contributed by atoms with Crippen LogP contribution in [-0.4, -0.2) is 56.5 Å². The monoisotopic (exact) mass is 629 g/mol. The molecule has 1 saturated carbocycles. The first-order valence-electron chi connectivity index (χ1n) is 15.7. The molecule has 43 heavy (non-hydrogen) atoms. The Balaban J connectivity index is 1.43. The van der Waals surface area contributed by atoms with Gasteiger partial charge in [-0.15, -0.1) is 0 Å². The standard InChI is InChI=1S/C33H44ClN3O5S/c1-21-5-3-14-33(39,18-35)28-10-7-25(28)17-37-19-32(13-4-6-23-15-26(34)9-11-27(23)32)20-42-30-12-8-24(16-29(30)37)31(38)36-43(40,41)22(21)2/h8-9,11-12,15-16,21-22,25,28,39H,3-7,10,13-14,17-20,35H2,1-2H3,(H,36,38)/t21-,22+,25-,28+,32-,33+/m0/s1. The molecule has 0 unspecified atom stereocenters. The Morgan fingerprint density at radius 1 is 1.12 bits per heavy atom. The van der Waals surface area contributed by atoms with Crippen LogP contribution < -0.4 is 20.1 Å². The summed E-state index contributed by atoms with van der Waals surface area (Å²) in [5.74, 6) is 0.120. The lowest BCUT2D eigenvalue weighted by Gasteiger charge is -2.50. The van der Waals surface area contributed by atoms with E-state index in [1.807, 2.05) is 13.0 Å². The van der Waals surface area contributed by atoms with Crippen LogP contribution in [0.2, 0.25) is 5.02 Å². The van der Waals surface area contributed by atoms with E-state index in [2.05, 4.69) is 21.8 Å². The van der Waals surface area contributed by atoms with Crippen LogP contribution in [-0.2, 0) is 21.9 Å². The summed E-state index contributed by atoms with van der Waals surface area (Å²) in [6.45, 7) is 5.55. The van der Waals surface area contributed by atoms with E-state index in [-0.39, 0.29) is 35.3 Å². The summed E-state index contributed by atoms with van der Waals surface area (Å²) in [7, 11) is -3.92. The molecule has 1 amide bonds. The summed E-state index contributed by atoms with van der Waals surface area (Å²) in [4.78, 5) is 15.7. The third-order valence-corrected chi connectivity index (χ3v) is 13.2. The molecule has 6 atom stereocenters. The predicted molar refractivity (Wildman–Crippen MR) is 169 cm³/mol. The van der Waals surface area contributed by atoms with E-state index in [4.69, 9.17) is 22.1 Å². The molecule has 0 radical (unpaired) electrons. The largest absolute Gasteiger partial charge is 0.490 e. The van der Waals surface area contributed by atoms with E-state index < -0.39 is 26.8 Å². The summed E-state index contributed by atoms with van der Waals surface area (Å²) in [6, 6.07) is 11.4. The molecule has 1 fully saturated rings. The number of anilines is 1. The minimum Gasteiger partial charge on any atom is -0.490 e. The third-order valence-electron chi connectivity index (χ3n) is 11.0. The lowest BCUT2D eigenvalue weighted by atomic mass is 9.63. The summed E-state index contributed by atoms with van der Waals surface area (Å²) in [5.41, 5.74) is 8.51. The van der Waals surface area contributed by atoms with Gasteiger partial charge in [0.05, 0.1) is 23.1 Å². The lowest BCUT2D eigenvalue weighted by Crippen LogP contribution is -2.55. The van der Waals surface area contributed by atoms with Crippen LogP contribution in [0.25, 0.3) is 0 Å². The van der Waals surface area contributed by atoms with Crippen molar-refractivity contribution in [3.8, 4) is 5.75 Å². The molecule has 4 N–H and O–H groups in total. The van der Waals surface area contributed by atoms with Crippen molar-refractivity contribution in [2.24, 2.45) is 23.5 Å². The van der Waals surface area contributed by atoms with Crippen molar-refractivity contribution in [3.05, 3.63) is 58.1 Å². The Bertz CT molecular complexity index is 1500. The normalized spacial score (nSPS) is 34.2. The maximum Gasteiger partial charge on any atom is 0.264 e. The molecule has 4 aliphatic rings. The number of amides is 1. The highest BCUT2D eigenvalue weighted by Crippen LogP contribution is 2.48. The van der Waals surface area contributed by atoms with E-state index in [1.165, 1.54) is 11.1 Å². The molecule has 0 aromatic heterocycles. The fourth-order valence-corrected chi connectivity index (χ4v) is 9.53. The number of halogens is 1. The lowest BCUT2D eigenvalue weighted by molar-refractivity contribution is -0.0814. The van der Waals surface area contributed by atoms with Crippen LogP contribution in [0, 0.1) is 17.8 Å². The second-order valence-corrected chi connectivity index (χ2v) is 16.1. The second-order valence-electron chi connectivity index (χ2n) is 13.6. The number of nitrogens with zero attached hydrogens (tertiary/aromatic N) is 1. The van der Waals surface area contributed by atoms with Gasteiger partial charge in [0, 0.05) is 35.6 Å². The number of aliphatic hydroxyl groups is 1. The highest BCUT2D eigenvalue weighted by atomic mass is 35.5. The molecule has 2 aliphatic carbocycles. The molecule has 6 rings (SSSR count). The number of aryl methyl sites for hydroxylation is 1. The van der Waals surface area contributed by atoms with Crippen molar-refractivity contribution in [2.75, 3.05) is 31.1 Å². The topological polar surface area (TPSA) is 122 Å². The van der Waals surface area contributed by atoms with Gasteiger partial charge in [-0.05, 0) is 111 Å². The van der Waals surface area contributed by atoms with Gasteiger partial charge in [-0.1, -0.05) is 31.0 Å². The minimum atomic E-state index is -3.92. The fraction of sp³-hybridized carbons (Fsp3) is 0.606. The average Bonchev–Trinajstić information content (AvgIpc) is 3.11. The number of fused-ring (bicyclic) bond motifs is 4. The van der Waals surface area contributed by atoms with Gasteiger partial charge in [0.15, 0.2) is 0 Å². The van der Waals surface area contributed by atoms with Crippen LogP contribution in [0.3, 0.4) is 0 Å². The van der Waals surface area contributed by atoms with Crippen LogP contribution in [0.4, 0.5) is 5.69 Å². The Morgan fingerprint density at radius 3 is 2.67 bits per heavy atom. The third kappa shape index (κ3) is 5.67. The zero-order valence-corrected chi connectivity index (χ0v) is 26.7. The number of sulfonamides is 1. The fourth-order valence-electron chi connectivity index (χ4n) is 8.02. The number of hydrogen-bond donors (Lipinski definition) is 3. The Morgan fingerprint density at radius 2 is 1.93 bits per heavy atom. The molecule has 2 aromatic carbocycles. The van der Waals surface area contributed by atoms with Crippen molar-refractivity contribution < 1.29 is 23.1 Å². The van der Waals surface area contributed by atoms with E-state index in [1.54, 1.807) is 25.1 Å². The second kappa shape index (κ2) is 11.5. The van der Waals surface area contributed by atoms with Crippen molar-refractivity contribution in [1.29, 1.82) is 0 Å². The number of carbonyl (C=O) groups is 1. The average molecular weight is 630 g/mol. The van der Waals surface area contributed by atoms with E-state index in [0.717, 1.165) is 42.8 Å². The zero-order chi connectivity index (χ0) is 30.6. The number of benzene rings is 2. The number of rotatable bonds is 1. The van der Waals surface area contributed by atoms with Gasteiger partial charge in [-0.25, -0.2) is 13.1 Å². The first-order valence-corrected chi connectivity index (χ1v) is 17.7. The number of hydrogen-bond acceptors (Lipinski definition) is 7. The Kier molecular flexibility index (Phi) is 8.24. The first kappa shape index (κ1) is 30.7. The van der Waals surface area contributed by atoms with Gasteiger partial charge in [0.1, 0.15) is 5.75 Å². The quantitative estimate of drug-likeness (QED) is 0.414. The minimum absolute atomic E-state index is 0.0503. The van der Waals surface area contributed by atoms with Gasteiger partial charge < -0.3 is 20.5 Å². The summed E-state index contributed by atoms with van der Waals surface area (Å²) < 4.78 is 35.4. The molecular weight excluding hydrogens is 586 g/mol. The molecule has 234 valence electrons. The molecule has 2 aromatic rings. The molecule has 10 heteroatoms. The van der Waals surface area contributed by atoms with E-state index in [9.17, 15) is 18.3 Å². The molecule has 2 bridgehead atoms. The Hall–Kier alpha value is -2.33. The van der Waals surface area contributed by atoms with Crippen LogP contribution in [0.1, 0.15) is 80.3 Å². The highest BCUT2D eigenvalue weighted by molar-refractivity contribution is 7.90. The number of ether oxygens (including phenoxy) is 1. The van der Waals surface area contributed by atoms with Crippen molar-refractivity contribution in [2.45, 2.75) is 81.5 Å². The maximum absolute atomic E-state index is 13.4. The molecule has 2 aliphatic heterocycles. The summed E-state index contributed by atoms with van der Waals surface area (Å²) >= 11 is 6.40. The number of carbonyl (C=O) groups excluding carboxylic acids is 1. The Labute approximate surface area is 260 Å². The van der Waals surface area contributed by atoms with Gasteiger partial charge in [0.2, 0.25) is 10.0 Å². The van der Waals surface area contributed by atoms with Crippen LogP contribution >= 0.6 is 11.6 Å². The summed E-state index contributed by atoms with van der Waals surface area (Å²) in [6.07, 6.45) is 6.64. The SMILES string of the molecule is C[C@@H]1[C@@H](C)CCC[C@@](O)(CN)[C@@H]2CC[C@H]2CN2C[C@@]3(CCCc4cc(Cl)ccc43)COc3ccc(cc32)C(=O)NS1(=O)=O. The predicted octanol–water partition coefficient (Wildman–Crippen LogP) is 4.80. The molecule has 0 saturated heterocycles. The van der Waals surface area contributed by atoms with Crippen LogP contribution in [0.15, 0.2) is 36.4 Å². The number of nitrogens with one attached hydrogen (secondary N) is 1. The van der Waals surface area contributed by atoms with Crippen LogP contribution in [0.5, 0.6) is 5.75 Å². The van der Waals surface area contributed by atoms with Gasteiger partial charge in [0.25, 0.3) is 5.91 Å². The van der Waals surface area contributed by atoms with Gasteiger partial charge in [-0.3, -0.25) is 4.79 Å². The van der Waals surface area contributed by atoms with E-state index in [0.29, 0.717) is 44.7 Å². The first-order chi connectivity index (χ1) is 20.4. The zero-order valence-electron chi connectivity index (χ0n) is 25.1. The molecule has 1 spiro atoms. The summed E-state index contributed by atoms with van der Waals surface area (Å²) in [5, 5.41) is 11.8.